The Hall–Kier alpha value is 0.749. The van der Waals surface area contributed by atoms with Crippen LogP contribution in [0, 0.1) is 0 Å². The van der Waals surface area contributed by atoms with Crippen LogP contribution in [0.3, 0.4) is 0 Å². The topological polar surface area (TPSA) is 89.0 Å². The summed E-state index contributed by atoms with van der Waals surface area (Å²) in [5, 5.41) is 13.9. The molecule has 0 aliphatic rings. The van der Waals surface area contributed by atoms with Crippen molar-refractivity contribution in [3.8, 4) is 0 Å². The Morgan fingerprint density at radius 3 is 1.25 bits per heavy atom. The number of hydrogen-bond donors (Lipinski definition) is 2. The molecule has 0 unspecified atom stereocenters. The molecule has 4 N–H and O–H groups in total. The van der Waals surface area contributed by atoms with E-state index in [0.29, 0.717) is 0 Å². The minimum atomic E-state index is -1.83. The van der Waals surface area contributed by atoms with Crippen molar-refractivity contribution in [1.82, 2.24) is 0 Å². The van der Waals surface area contributed by atoms with Gasteiger partial charge in [-0.3, -0.25) is 0 Å². The summed E-state index contributed by atoms with van der Waals surface area (Å²) in [5.41, 5.74) is 0. The molecule has 0 spiro atoms. The van der Waals surface area contributed by atoms with E-state index in [1.165, 1.54) is 0 Å². The third-order valence-corrected chi connectivity index (χ3v) is 0. The van der Waals surface area contributed by atoms with E-state index in [4.69, 9.17) is 15.0 Å². The maximum Gasteiger partial charge on any atom is 0.503 e. The second-order valence-corrected chi connectivity index (χ2v) is 0.283. The molecular weight excluding hydrogens is 249 g/mol. The summed E-state index contributed by atoms with van der Waals surface area (Å²) in [4.78, 5) is 8.56. The molecule has 0 saturated heterocycles. The zero-order valence-corrected chi connectivity index (χ0v) is 6.44. The van der Waals surface area contributed by atoms with E-state index in [0.717, 1.165) is 0 Å². The Morgan fingerprint density at radius 1 is 1.25 bits per heavy atom. The fourth-order valence-electron chi connectivity index (χ4n) is 0. The van der Waals surface area contributed by atoms with E-state index in [-0.39, 0.29) is 55.8 Å². The van der Waals surface area contributed by atoms with E-state index < -0.39 is 6.16 Å². The molecule has 0 rings (SSSR count). The van der Waals surface area contributed by atoms with Crippen molar-refractivity contribution in [2.75, 3.05) is 0 Å². The van der Waals surface area contributed by atoms with Crippen LogP contribution in [0.25, 0.3) is 0 Å². The van der Waals surface area contributed by atoms with E-state index in [1.807, 2.05) is 0 Å². The predicted octanol–water partition coefficient (Wildman–Crippen LogP) is -0.610. The van der Waals surface area contributed by atoms with Gasteiger partial charge in [-0.05, 0) is 0 Å². The van der Waals surface area contributed by atoms with Crippen LogP contribution in [-0.4, -0.2) is 21.8 Å². The SMILES string of the molecule is O.O=C(O)O.[Co].[Fe].[Ni]. The Kier molecular flexibility index (Phi) is 117. The minimum absolute atomic E-state index is 0. The second-order valence-electron chi connectivity index (χ2n) is 0.283. The van der Waals surface area contributed by atoms with Crippen molar-refractivity contribution in [3.05, 3.63) is 0 Å². The molecule has 4 nitrogen and oxygen atoms in total. The smallest absolute Gasteiger partial charge is 0.450 e. The van der Waals surface area contributed by atoms with Crippen molar-refractivity contribution in [1.29, 1.82) is 0 Å². The molecule has 0 saturated carbocycles. The van der Waals surface area contributed by atoms with Gasteiger partial charge in [-0.1, -0.05) is 0 Å². The molecule has 0 atom stereocenters. The van der Waals surface area contributed by atoms with Crippen LogP contribution in [0.1, 0.15) is 0 Å². The van der Waals surface area contributed by atoms with E-state index in [1.54, 1.807) is 0 Å². The van der Waals surface area contributed by atoms with Crippen molar-refractivity contribution < 1.29 is 70.8 Å². The van der Waals surface area contributed by atoms with Gasteiger partial charge in [0.15, 0.2) is 0 Å². The van der Waals surface area contributed by atoms with Gasteiger partial charge in [0.05, 0.1) is 0 Å². The van der Waals surface area contributed by atoms with Crippen molar-refractivity contribution >= 4 is 6.16 Å². The van der Waals surface area contributed by atoms with E-state index in [2.05, 4.69) is 0 Å². The monoisotopic (exact) mass is 253 g/mol. The maximum absolute atomic E-state index is 8.56. The van der Waals surface area contributed by atoms with E-state index >= 15 is 0 Å². The van der Waals surface area contributed by atoms with Crippen LogP contribution < -0.4 is 0 Å². The largest absolute Gasteiger partial charge is 0.503 e. The molecular formula is CH4CoFeNiO4. The summed E-state index contributed by atoms with van der Waals surface area (Å²) in [6.45, 7) is 0. The van der Waals surface area contributed by atoms with Crippen molar-refractivity contribution in [3.63, 3.8) is 0 Å². The zero-order chi connectivity index (χ0) is 3.58. The van der Waals surface area contributed by atoms with E-state index in [9.17, 15) is 0 Å². The first kappa shape index (κ1) is 37.4. The zero-order valence-electron chi connectivity index (χ0n) is 3.31. The average Bonchev–Trinajstić information content (AvgIpc) is 0.811. The van der Waals surface area contributed by atoms with Gasteiger partial charge in [0.1, 0.15) is 0 Å². The number of hydrogen-bond acceptors (Lipinski definition) is 1. The predicted molar refractivity (Wildman–Crippen MR) is 14.3 cm³/mol. The summed E-state index contributed by atoms with van der Waals surface area (Å²) >= 11 is 0. The minimum Gasteiger partial charge on any atom is -0.450 e. The van der Waals surface area contributed by atoms with Gasteiger partial charge in [-0.2, -0.15) is 0 Å². The Balaban J connectivity index is -0.00000000750. The fourth-order valence-corrected chi connectivity index (χ4v) is 0. The Morgan fingerprint density at radius 2 is 1.25 bits per heavy atom. The van der Waals surface area contributed by atoms with Crippen LogP contribution in [0.15, 0.2) is 0 Å². The summed E-state index contributed by atoms with van der Waals surface area (Å²) in [6, 6.07) is 0. The summed E-state index contributed by atoms with van der Waals surface area (Å²) < 4.78 is 0. The van der Waals surface area contributed by atoms with Gasteiger partial charge in [-0.25, -0.2) is 4.79 Å². The molecule has 59 valence electrons. The molecule has 0 bridgehead atoms. The van der Waals surface area contributed by atoms with Crippen LogP contribution in [0.2, 0.25) is 0 Å². The molecule has 0 heterocycles. The molecule has 0 aromatic rings. The van der Waals surface area contributed by atoms with Crippen LogP contribution in [-0.2, 0) is 50.3 Å². The van der Waals surface area contributed by atoms with Crippen molar-refractivity contribution in [2.45, 2.75) is 0 Å². The fraction of sp³-hybridized carbons (Fsp3) is 0. The molecule has 0 aliphatic carbocycles. The standard InChI is InChI=1S/CH2O3.Co.Fe.Ni.H2O/c2-1(3)4;;;;/h(H2,2,3,4);;;;1H2. The first-order chi connectivity index (χ1) is 1.73. The summed E-state index contributed by atoms with van der Waals surface area (Å²) in [7, 11) is 0. The Bertz CT molecular complexity index is 39.0. The van der Waals surface area contributed by atoms with Gasteiger partial charge in [0.25, 0.3) is 0 Å². The molecule has 0 aromatic heterocycles. The molecule has 1 radical (unpaired) electrons. The van der Waals surface area contributed by atoms with Gasteiger partial charge in [0, 0.05) is 50.3 Å². The quantitative estimate of drug-likeness (QED) is 0.565. The van der Waals surface area contributed by atoms with Crippen LogP contribution in [0.5, 0.6) is 0 Å². The first-order valence-corrected chi connectivity index (χ1v) is 0.651. The third kappa shape index (κ3) is 397. The normalized spacial score (nSPS) is 3.00. The third-order valence-electron chi connectivity index (χ3n) is 0. The number of rotatable bonds is 0. The molecule has 8 heavy (non-hydrogen) atoms. The maximum atomic E-state index is 8.56. The first-order valence-electron chi connectivity index (χ1n) is 0.651. The summed E-state index contributed by atoms with van der Waals surface area (Å²) in [6.07, 6.45) is -1.83. The van der Waals surface area contributed by atoms with Crippen LogP contribution in [0.4, 0.5) is 4.79 Å². The molecule has 0 amide bonds. The number of carbonyl (C=O) groups is 1. The Labute approximate surface area is 76.9 Å². The van der Waals surface area contributed by atoms with Gasteiger partial charge in [0.2, 0.25) is 0 Å². The summed E-state index contributed by atoms with van der Waals surface area (Å²) in [5.74, 6) is 0. The van der Waals surface area contributed by atoms with Gasteiger partial charge >= 0.3 is 6.16 Å². The number of carboxylic acid groups (broad SMARTS) is 2. The average molecular weight is 254 g/mol. The molecule has 0 aromatic carbocycles. The van der Waals surface area contributed by atoms with Gasteiger partial charge in [-0.15, -0.1) is 0 Å². The second kappa shape index (κ2) is 25.1. The van der Waals surface area contributed by atoms with Crippen molar-refractivity contribution in [2.24, 2.45) is 0 Å². The molecule has 0 aliphatic heterocycles. The van der Waals surface area contributed by atoms with Crippen LogP contribution >= 0.6 is 0 Å². The van der Waals surface area contributed by atoms with Gasteiger partial charge < -0.3 is 15.7 Å². The molecule has 7 heteroatoms. The molecule has 0 fully saturated rings.